The number of thiazole rings is 1. The van der Waals surface area contributed by atoms with Crippen molar-refractivity contribution in [2.24, 2.45) is 0 Å². The number of para-hydroxylation sites is 1. The lowest BCUT2D eigenvalue weighted by atomic mass is 10.3. The van der Waals surface area contributed by atoms with Crippen LogP contribution in [0.4, 0.5) is 5.69 Å². The van der Waals surface area contributed by atoms with Crippen LogP contribution < -0.4 is 4.90 Å². The number of hydrogen-bond acceptors (Lipinski definition) is 4. The lowest BCUT2D eigenvalue weighted by Gasteiger charge is -2.21. The number of carbonyl (C=O) groups excluding carboxylic acids is 1. The van der Waals surface area contributed by atoms with Crippen molar-refractivity contribution in [3.05, 3.63) is 46.4 Å². The van der Waals surface area contributed by atoms with Crippen molar-refractivity contribution in [2.75, 3.05) is 11.4 Å². The predicted molar refractivity (Wildman–Crippen MR) is 70.7 cm³/mol. The number of anilines is 1. The van der Waals surface area contributed by atoms with E-state index in [1.54, 1.807) is 6.20 Å². The molecule has 2 aromatic rings. The summed E-state index contributed by atoms with van der Waals surface area (Å²) in [6.45, 7) is 3.78. The van der Waals surface area contributed by atoms with E-state index < -0.39 is 0 Å². The summed E-state index contributed by atoms with van der Waals surface area (Å²) in [4.78, 5) is 17.8. The van der Waals surface area contributed by atoms with Crippen molar-refractivity contribution < 1.29 is 4.79 Å². The van der Waals surface area contributed by atoms with Crippen LogP contribution in [0.1, 0.15) is 21.6 Å². The van der Waals surface area contributed by atoms with E-state index in [2.05, 4.69) is 28.9 Å². The molecular formula is C13H14N2OS. The highest BCUT2D eigenvalue weighted by Crippen LogP contribution is 2.18. The monoisotopic (exact) mass is 246 g/mol. The molecule has 0 aliphatic heterocycles. The zero-order valence-corrected chi connectivity index (χ0v) is 10.5. The molecule has 0 saturated carbocycles. The Balaban J connectivity index is 2.12. The van der Waals surface area contributed by atoms with Gasteiger partial charge in [0.15, 0.2) is 6.29 Å². The standard InChI is InChI=1S/C13H14N2OS/c1-2-15(11-6-4-3-5-7-11)9-13-14-8-12(10-16)17-13/h3-8,10H,2,9H2,1H3. The van der Waals surface area contributed by atoms with Crippen LogP contribution >= 0.6 is 11.3 Å². The molecule has 0 aliphatic rings. The number of rotatable bonds is 5. The molecule has 0 aliphatic carbocycles. The van der Waals surface area contributed by atoms with E-state index >= 15 is 0 Å². The fourth-order valence-electron chi connectivity index (χ4n) is 1.64. The molecule has 1 aromatic carbocycles. The van der Waals surface area contributed by atoms with Crippen molar-refractivity contribution in [2.45, 2.75) is 13.5 Å². The molecule has 0 spiro atoms. The van der Waals surface area contributed by atoms with Gasteiger partial charge in [0, 0.05) is 18.4 Å². The summed E-state index contributed by atoms with van der Waals surface area (Å²) >= 11 is 1.45. The Morgan fingerprint density at radius 1 is 1.35 bits per heavy atom. The van der Waals surface area contributed by atoms with Gasteiger partial charge in [-0.05, 0) is 19.1 Å². The van der Waals surface area contributed by atoms with Crippen LogP contribution in [0.5, 0.6) is 0 Å². The molecule has 1 heterocycles. The molecule has 0 saturated heterocycles. The van der Waals surface area contributed by atoms with Gasteiger partial charge in [-0.1, -0.05) is 18.2 Å². The minimum absolute atomic E-state index is 0.684. The summed E-state index contributed by atoms with van der Waals surface area (Å²) < 4.78 is 0. The van der Waals surface area contributed by atoms with Crippen molar-refractivity contribution in [1.82, 2.24) is 4.98 Å². The highest BCUT2D eigenvalue weighted by molar-refractivity contribution is 7.13. The average Bonchev–Trinajstić information content (AvgIpc) is 2.84. The third-order valence-corrected chi connectivity index (χ3v) is 3.42. The third kappa shape index (κ3) is 2.91. The van der Waals surface area contributed by atoms with E-state index in [1.165, 1.54) is 17.0 Å². The van der Waals surface area contributed by atoms with Gasteiger partial charge in [0.05, 0.1) is 11.4 Å². The summed E-state index contributed by atoms with van der Waals surface area (Å²) in [7, 11) is 0. The molecule has 0 fully saturated rings. The van der Waals surface area contributed by atoms with E-state index in [4.69, 9.17) is 0 Å². The smallest absolute Gasteiger partial charge is 0.161 e. The first kappa shape index (κ1) is 11.8. The molecule has 0 unspecified atom stereocenters. The van der Waals surface area contributed by atoms with Crippen LogP contribution in [0, 0.1) is 0 Å². The summed E-state index contributed by atoms with van der Waals surface area (Å²) in [5, 5.41) is 0.970. The Kier molecular flexibility index (Phi) is 3.88. The van der Waals surface area contributed by atoms with Gasteiger partial charge in [0.1, 0.15) is 5.01 Å². The molecule has 4 heteroatoms. The Bertz CT molecular complexity index is 481. The normalized spacial score (nSPS) is 10.2. The van der Waals surface area contributed by atoms with Crippen LogP contribution in [0.3, 0.4) is 0 Å². The van der Waals surface area contributed by atoms with Gasteiger partial charge in [-0.3, -0.25) is 4.79 Å². The van der Waals surface area contributed by atoms with Crippen molar-refractivity contribution >= 4 is 23.3 Å². The second-order valence-corrected chi connectivity index (χ2v) is 4.77. The van der Waals surface area contributed by atoms with Gasteiger partial charge in [0.2, 0.25) is 0 Å². The number of benzene rings is 1. The third-order valence-electron chi connectivity index (χ3n) is 2.52. The number of aromatic nitrogens is 1. The minimum atomic E-state index is 0.684. The fourth-order valence-corrected chi connectivity index (χ4v) is 2.39. The number of carbonyl (C=O) groups is 1. The second-order valence-electron chi connectivity index (χ2n) is 3.62. The molecule has 3 nitrogen and oxygen atoms in total. The molecule has 0 bridgehead atoms. The first-order valence-electron chi connectivity index (χ1n) is 5.53. The fraction of sp³-hybridized carbons (Fsp3) is 0.231. The van der Waals surface area contributed by atoms with Crippen molar-refractivity contribution in [3.8, 4) is 0 Å². The largest absolute Gasteiger partial charge is 0.365 e. The molecule has 17 heavy (non-hydrogen) atoms. The summed E-state index contributed by atoms with van der Waals surface area (Å²) in [6.07, 6.45) is 2.48. The van der Waals surface area contributed by atoms with Gasteiger partial charge < -0.3 is 4.90 Å². The van der Waals surface area contributed by atoms with Gasteiger partial charge in [0.25, 0.3) is 0 Å². The first-order valence-corrected chi connectivity index (χ1v) is 6.35. The van der Waals surface area contributed by atoms with Crippen LogP contribution in [-0.4, -0.2) is 17.8 Å². The summed E-state index contributed by atoms with van der Waals surface area (Å²) in [5.41, 5.74) is 1.18. The van der Waals surface area contributed by atoms with Crippen molar-refractivity contribution in [1.29, 1.82) is 0 Å². The SMILES string of the molecule is CCN(Cc1ncc(C=O)s1)c1ccccc1. The molecule has 0 radical (unpaired) electrons. The zero-order chi connectivity index (χ0) is 12.1. The number of hydrogen-bond donors (Lipinski definition) is 0. The van der Waals surface area contributed by atoms with E-state index in [9.17, 15) is 4.79 Å². The molecule has 0 amide bonds. The Hall–Kier alpha value is -1.68. The van der Waals surface area contributed by atoms with Gasteiger partial charge in [-0.2, -0.15) is 0 Å². The second kappa shape index (κ2) is 5.59. The molecule has 2 rings (SSSR count). The van der Waals surface area contributed by atoms with Gasteiger partial charge in [-0.25, -0.2) is 4.98 Å². The quantitative estimate of drug-likeness (QED) is 0.760. The van der Waals surface area contributed by atoms with Crippen LogP contribution in [0.2, 0.25) is 0 Å². The minimum Gasteiger partial charge on any atom is -0.365 e. The molecule has 1 aromatic heterocycles. The first-order chi connectivity index (χ1) is 8.33. The molecule has 0 N–H and O–H groups in total. The van der Waals surface area contributed by atoms with Crippen LogP contribution in [0.25, 0.3) is 0 Å². The average molecular weight is 246 g/mol. The Morgan fingerprint density at radius 3 is 2.71 bits per heavy atom. The molecule has 0 atom stereocenters. The maximum Gasteiger partial charge on any atom is 0.161 e. The Labute approximate surface area is 105 Å². The number of nitrogens with zero attached hydrogens (tertiary/aromatic N) is 2. The Morgan fingerprint density at radius 2 is 2.12 bits per heavy atom. The van der Waals surface area contributed by atoms with Crippen molar-refractivity contribution in [3.63, 3.8) is 0 Å². The van der Waals surface area contributed by atoms with Crippen LogP contribution in [0.15, 0.2) is 36.5 Å². The number of aldehydes is 1. The predicted octanol–water partition coefficient (Wildman–Crippen LogP) is 2.98. The summed E-state index contributed by atoms with van der Waals surface area (Å²) in [6, 6.07) is 10.2. The van der Waals surface area contributed by atoms with E-state index in [-0.39, 0.29) is 0 Å². The van der Waals surface area contributed by atoms with Gasteiger partial charge in [-0.15, -0.1) is 11.3 Å². The highest BCUT2D eigenvalue weighted by Gasteiger charge is 2.07. The van der Waals surface area contributed by atoms with E-state index in [0.29, 0.717) is 4.88 Å². The van der Waals surface area contributed by atoms with E-state index in [0.717, 1.165) is 24.4 Å². The lowest BCUT2D eigenvalue weighted by Crippen LogP contribution is -2.21. The molecule has 88 valence electrons. The lowest BCUT2D eigenvalue weighted by molar-refractivity contribution is 0.112. The van der Waals surface area contributed by atoms with Crippen LogP contribution in [-0.2, 0) is 6.54 Å². The zero-order valence-electron chi connectivity index (χ0n) is 9.67. The highest BCUT2D eigenvalue weighted by atomic mass is 32.1. The van der Waals surface area contributed by atoms with Gasteiger partial charge >= 0.3 is 0 Å². The summed E-state index contributed by atoms with van der Waals surface area (Å²) in [5.74, 6) is 0. The topological polar surface area (TPSA) is 33.2 Å². The van der Waals surface area contributed by atoms with E-state index in [1.807, 2.05) is 18.2 Å². The maximum absolute atomic E-state index is 10.6. The molecular weight excluding hydrogens is 232 g/mol. The maximum atomic E-state index is 10.6.